The Balaban J connectivity index is 1.74. The van der Waals surface area contributed by atoms with E-state index >= 15 is 0 Å². The van der Waals surface area contributed by atoms with Crippen LogP contribution >= 0.6 is 11.3 Å². The number of nitrogens with zero attached hydrogens (tertiary/aromatic N) is 4. The van der Waals surface area contributed by atoms with Crippen LogP contribution in [0.15, 0.2) is 41.9 Å². The van der Waals surface area contributed by atoms with Gasteiger partial charge in [0, 0.05) is 45.9 Å². The Hall–Kier alpha value is -4.16. The molecule has 0 saturated carbocycles. The van der Waals surface area contributed by atoms with Crippen LogP contribution < -0.4 is 16.4 Å². The van der Waals surface area contributed by atoms with Crippen LogP contribution in [-0.2, 0) is 44.5 Å². The number of benzene rings is 1. The second-order valence-corrected chi connectivity index (χ2v) is 18.3. The molecule has 16 nitrogen and oxygen atoms in total. The molecule has 2 heterocycles. The van der Waals surface area contributed by atoms with Crippen molar-refractivity contribution in [1.82, 2.24) is 30.3 Å². The summed E-state index contributed by atoms with van der Waals surface area (Å²) < 4.78 is 22.4. The molecule has 1 fully saturated rings. The Morgan fingerprint density at radius 2 is 1.63 bits per heavy atom. The van der Waals surface area contributed by atoms with Crippen LogP contribution in [0.1, 0.15) is 90.8 Å². The molecule has 0 aliphatic carbocycles. The van der Waals surface area contributed by atoms with E-state index in [0.29, 0.717) is 39.0 Å². The number of aromatic nitrogens is 1. The van der Waals surface area contributed by atoms with Gasteiger partial charge in [0.2, 0.25) is 23.6 Å². The second-order valence-electron chi connectivity index (χ2n) is 17.4. The maximum atomic E-state index is 14.5. The molecule has 0 radical (unpaired) electrons. The number of carbonyl (C=O) groups is 5. The predicted molar refractivity (Wildman–Crippen MR) is 244 cm³/mol. The van der Waals surface area contributed by atoms with Crippen molar-refractivity contribution >= 4 is 41.1 Å². The molecule has 0 unspecified atom stereocenters. The number of ether oxygens (including phenoxy) is 4. The fourth-order valence-electron chi connectivity index (χ4n) is 8.70. The van der Waals surface area contributed by atoms with Crippen LogP contribution in [0.25, 0.3) is 0 Å². The SMILES string of the molecule is CC[C@H](C)[C@@H]([C@@H](CC(=O)N1CCC[C@H]1[C@H](OC)[C@@H](C)C(=O)N[C@@H](Cc1ccccc1)c1nccs1)OC)N(C)C(=O)[C@@H](NC(=O)[C@H](C(C)C)N(C)CCOCCOC(N)=O)C(C)C. The fourth-order valence-corrected chi connectivity index (χ4v) is 9.39. The zero-order chi connectivity index (χ0) is 46.8. The van der Waals surface area contributed by atoms with E-state index in [9.17, 15) is 24.0 Å². The number of hydrogen-bond donors (Lipinski definition) is 3. The van der Waals surface area contributed by atoms with Gasteiger partial charge in [0.25, 0.3) is 0 Å². The molecule has 17 heteroatoms. The average Bonchev–Trinajstić information content (AvgIpc) is 3.97. The first-order chi connectivity index (χ1) is 30.0. The molecule has 2 aromatic rings. The first-order valence-electron chi connectivity index (χ1n) is 22.3. The quantitative estimate of drug-likeness (QED) is 0.106. The van der Waals surface area contributed by atoms with E-state index in [2.05, 4.69) is 15.6 Å². The predicted octanol–water partition coefficient (Wildman–Crippen LogP) is 4.67. The van der Waals surface area contributed by atoms with E-state index in [1.165, 1.54) is 11.3 Å². The summed E-state index contributed by atoms with van der Waals surface area (Å²) in [5.74, 6) is -1.86. The van der Waals surface area contributed by atoms with Crippen molar-refractivity contribution in [2.24, 2.45) is 29.4 Å². The lowest BCUT2D eigenvalue weighted by Crippen LogP contribution is -2.60. The van der Waals surface area contributed by atoms with Crippen molar-refractivity contribution in [3.05, 3.63) is 52.5 Å². The number of nitrogens with one attached hydrogen (secondary N) is 2. The van der Waals surface area contributed by atoms with Gasteiger partial charge in [-0.25, -0.2) is 9.78 Å². The van der Waals surface area contributed by atoms with Gasteiger partial charge in [-0.3, -0.25) is 24.1 Å². The number of likely N-dealkylation sites (N-methyl/N-ethyl adjacent to an activating group) is 2. The van der Waals surface area contributed by atoms with Gasteiger partial charge in [-0.15, -0.1) is 11.3 Å². The minimum absolute atomic E-state index is 0.00941. The maximum absolute atomic E-state index is 14.5. The van der Waals surface area contributed by atoms with Crippen molar-refractivity contribution in [2.45, 2.75) is 123 Å². The molecule has 1 aromatic heterocycles. The van der Waals surface area contributed by atoms with Gasteiger partial charge in [0.05, 0.1) is 61.9 Å². The van der Waals surface area contributed by atoms with Gasteiger partial charge in [0.1, 0.15) is 17.7 Å². The molecule has 0 spiro atoms. The molecule has 0 bridgehead atoms. The second kappa shape index (κ2) is 26.6. The number of rotatable bonds is 27. The highest BCUT2D eigenvalue weighted by Gasteiger charge is 2.43. The summed E-state index contributed by atoms with van der Waals surface area (Å²) in [6.45, 7) is 15.0. The zero-order valence-electron chi connectivity index (χ0n) is 39.4. The minimum Gasteiger partial charge on any atom is -0.447 e. The van der Waals surface area contributed by atoms with Crippen LogP contribution in [0.2, 0.25) is 0 Å². The highest BCUT2D eigenvalue weighted by atomic mass is 32.1. The molecule has 354 valence electrons. The highest BCUT2D eigenvalue weighted by Crippen LogP contribution is 2.30. The van der Waals surface area contributed by atoms with Gasteiger partial charge in [-0.1, -0.05) is 85.2 Å². The van der Waals surface area contributed by atoms with Crippen molar-refractivity contribution < 1.29 is 42.9 Å². The Bertz CT molecular complexity index is 1700. The number of likely N-dealkylation sites (tertiary alicyclic amines) is 1. The van der Waals surface area contributed by atoms with Gasteiger partial charge >= 0.3 is 6.09 Å². The van der Waals surface area contributed by atoms with E-state index in [4.69, 9.17) is 24.7 Å². The number of methoxy groups -OCH3 is 2. The Labute approximate surface area is 379 Å². The Morgan fingerprint density at radius 1 is 0.937 bits per heavy atom. The van der Waals surface area contributed by atoms with Crippen molar-refractivity contribution in [3.8, 4) is 0 Å². The highest BCUT2D eigenvalue weighted by molar-refractivity contribution is 7.09. The first-order valence-corrected chi connectivity index (χ1v) is 23.2. The average molecular weight is 902 g/mol. The van der Waals surface area contributed by atoms with E-state index in [1.54, 1.807) is 32.4 Å². The van der Waals surface area contributed by atoms with Crippen molar-refractivity contribution in [2.75, 3.05) is 61.2 Å². The molecule has 1 saturated heterocycles. The third kappa shape index (κ3) is 15.5. The van der Waals surface area contributed by atoms with Gasteiger partial charge in [-0.2, -0.15) is 0 Å². The number of nitrogens with two attached hydrogens (primary N) is 1. The van der Waals surface area contributed by atoms with Crippen LogP contribution in [0.4, 0.5) is 4.79 Å². The van der Waals surface area contributed by atoms with Crippen LogP contribution in [-0.4, -0.2) is 147 Å². The van der Waals surface area contributed by atoms with Gasteiger partial charge < -0.3 is 45.1 Å². The molecule has 5 amide bonds. The lowest BCUT2D eigenvalue weighted by atomic mass is 9.89. The van der Waals surface area contributed by atoms with E-state index in [0.717, 1.165) is 17.0 Å². The molecule has 1 aliphatic rings. The molecule has 1 aliphatic heterocycles. The number of hydrogen-bond acceptors (Lipinski definition) is 12. The number of amides is 5. The summed E-state index contributed by atoms with van der Waals surface area (Å²) in [7, 11) is 6.69. The number of primary amides is 1. The lowest BCUT2D eigenvalue weighted by Gasteiger charge is -2.41. The molecule has 1 aromatic carbocycles. The van der Waals surface area contributed by atoms with Crippen molar-refractivity contribution in [1.29, 1.82) is 0 Å². The lowest BCUT2D eigenvalue weighted by molar-refractivity contribution is -0.148. The Kier molecular flexibility index (Phi) is 22.4. The van der Waals surface area contributed by atoms with Crippen molar-refractivity contribution in [3.63, 3.8) is 0 Å². The topological polar surface area (TPSA) is 195 Å². The molecular formula is C46H75N7O9S. The molecule has 3 rings (SSSR count). The number of carbonyl (C=O) groups excluding carboxylic acids is 5. The zero-order valence-corrected chi connectivity index (χ0v) is 40.2. The third-order valence-corrected chi connectivity index (χ3v) is 13.2. The van der Waals surface area contributed by atoms with E-state index < -0.39 is 42.3 Å². The third-order valence-electron chi connectivity index (χ3n) is 12.3. The standard InChI is InChI=1S/C46H75N7O9S/c1-12-31(6)40(52(9)45(57)38(29(2)3)50-43(56)39(30(4)5)51(8)22-23-61-24-25-62-46(47)58)36(59-10)28-37(54)53-21-16-19-35(53)41(60-11)32(7)42(55)49-34(44-48-20-26-63-44)27-33-17-14-13-15-18-33/h13-15,17-18,20,26,29-32,34-36,38-41H,12,16,19,21-25,27-28H2,1-11H3,(H2,47,58)(H,49,55)(H,50,56)/t31-,32+,34-,35-,36+,38-,39-,40-,41+/m0/s1. The maximum Gasteiger partial charge on any atom is 0.404 e. The fraction of sp³-hybridized carbons (Fsp3) is 0.696. The smallest absolute Gasteiger partial charge is 0.404 e. The number of thiazole rings is 1. The van der Waals surface area contributed by atoms with Crippen LogP contribution in [0, 0.1) is 23.7 Å². The molecule has 63 heavy (non-hydrogen) atoms. The van der Waals surface area contributed by atoms with Gasteiger partial charge in [0.15, 0.2) is 0 Å². The summed E-state index contributed by atoms with van der Waals surface area (Å²) >= 11 is 1.49. The monoisotopic (exact) mass is 902 g/mol. The van der Waals surface area contributed by atoms with E-state index in [1.807, 2.05) is 101 Å². The summed E-state index contributed by atoms with van der Waals surface area (Å²) in [5, 5.41) is 9.01. The first kappa shape index (κ1) is 53.2. The van der Waals surface area contributed by atoms with Gasteiger partial charge in [-0.05, 0) is 49.6 Å². The molecule has 4 N–H and O–H groups in total. The normalized spacial score (nSPS) is 18.0. The van der Waals surface area contributed by atoms with Crippen LogP contribution in [0.3, 0.4) is 0 Å². The molecule has 9 atom stereocenters. The summed E-state index contributed by atoms with van der Waals surface area (Å²) in [5.41, 5.74) is 6.08. The van der Waals surface area contributed by atoms with E-state index in [-0.39, 0.29) is 73.1 Å². The summed E-state index contributed by atoms with van der Waals surface area (Å²) in [6, 6.07) is 7.41. The van der Waals surface area contributed by atoms with Crippen LogP contribution in [0.5, 0.6) is 0 Å². The molecular weight excluding hydrogens is 827 g/mol. The summed E-state index contributed by atoms with van der Waals surface area (Å²) in [4.78, 5) is 77.5. The minimum atomic E-state index is -0.869. The Morgan fingerprint density at radius 3 is 2.21 bits per heavy atom. The summed E-state index contributed by atoms with van der Waals surface area (Å²) in [6.07, 6.45) is 2.37. The largest absolute Gasteiger partial charge is 0.447 e.